The molecule has 1 unspecified atom stereocenters. The molecule has 0 aliphatic heterocycles. The number of nitrogens with zero attached hydrogens (tertiary/aromatic N) is 2. The maximum atomic E-state index is 12.3. The third kappa shape index (κ3) is 4.66. The van der Waals surface area contributed by atoms with Gasteiger partial charge in [-0.15, -0.1) is 0 Å². The standard InChI is InChI=1S/C21H22N4O/c1-15-8-10-17(11-9-15)12-23-20-14-22-19(13-24-20)21(26)25-16(2)18-6-4-3-5-7-18/h3-11,13-14,16H,12H2,1-2H3,(H,23,24)(H,25,26). The van der Waals surface area contributed by atoms with Gasteiger partial charge in [-0.05, 0) is 25.0 Å². The lowest BCUT2D eigenvalue weighted by Gasteiger charge is -2.14. The van der Waals surface area contributed by atoms with E-state index in [1.165, 1.54) is 11.8 Å². The van der Waals surface area contributed by atoms with Gasteiger partial charge in [-0.25, -0.2) is 9.97 Å². The number of aryl methyl sites for hydroxylation is 1. The molecule has 0 radical (unpaired) electrons. The molecular formula is C21H22N4O. The summed E-state index contributed by atoms with van der Waals surface area (Å²) in [5.74, 6) is 0.400. The van der Waals surface area contributed by atoms with E-state index in [1.54, 1.807) is 6.20 Å². The Hall–Kier alpha value is -3.21. The Morgan fingerprint density at radius 3 is 2.38 bits per heavy atom. The molecule has 1 aromatic heterocycles. The first-order valence-corrected chi connectivity index (χ1v) is 8.59. The van der Waals surface area contributed by atoms with Crippen molar-refractivity contribution < 1.29 is 4.79 Å². The zero-order chi connectivity index (χ0) is 18.4. The molecule has 0 aliphatic carbocycles. The van der Waals surface area contributed by atoms with Crippen LogP contribution in [0.15, 0.2) is 67.0 Å². The van der Waals surface area contributed by atoms with Crippen molar-refractivity contribution in [3.63, 3.8) is 0 Å². The number of hydrogen-bond acceptors (Lipinski definition) is 4. The highest BCUT2D eigenvalue weighted by atomic mass is 16.1. The molecule has 0 aliphatic rings. The Balaban J connectivity index is 1.56. The maximum absolute atomic E-state index is 12.3. The Labute approximate surface area is 153 Å². The predicted molar refractivity (Wildman–Crippen MR) is 103 cm³/mol. The molecule has 3 aromatic rings. The monoisotopic (exact) mass is 346 g/mol. The summed E-state index contributed by atoms with van der Waals surface area (Å²) in [5, 5.41) is 6.14. The average Bonchev–Trinajstić information content (AvgIpc) is 2.68. The van der Waals surface area contributed by atoms with Crippen molar-refractivity contribution in [3.8, 4) is 0 Å². The van der Waals surface area contributed by atoms with Crippen LogP contribution in [0.3, 0.4) is 0 Å². The van der Waals surface area contributed by atoms with E-state index in [2.05, 4.69) is 51.8 Å². The van der Waals surface area contributed by atoms with Crippen LogP contribution in [-0.2, 0) is 6.54 Å². The van der Waals surface area contributed by atoms with Crippen LogP contribution in [-0.4, -0.2) is 15.9 Å². The Morgan fingerprint density at radius 2 is 1.73 bits per heavy atom. The molecule has 2 aromatic carbocycles. The minimum absolute atomic E-state index is 0.0927. The lowest BCUT2D eigenvalue weighted by Crippen LogP contribution is -2.27. The quantitative estimate of drug-likeness (QED) is 0.711. The van der Waals surface area contributed by atoms with Crippen molar-refractivity contribution in [2.45, 2.75) is 26.4 Å². The summed E-state index contributed by atoms with van der Waals surface area (Å²) < 4.78 is 0. The van der Waals surface area contributed by atoms with E-state index in [9.17, 15) is 4.79 Å². The lowest BCUT2D eigenvalue weighted by atomic mass is 10.1. The first kappa shape index (κ1) is 17.6. The molecular weight excluding hydrogens is 324 g/mol. The van der Waals surface area contributed by atoms with Crippen molar-refractivity contribution in [3.05, 3.63) is 89.4 Å². The summed E-state index contributed by atoms with van der Waals surface area (Å²) in [6.07, 6.45) is 3.07. The van der Waals surface area contributed by atoms with Gasteiger partial charge in [0.1, 0.15) is 11.5 Å². The van der Waals surface area contributed by atoms with Crippen LogP contribution in [0.5, 0.6) is 0 Å². The van der Waals surface area contributed by atoms with Crippen LogP contribution in [0.2, 0.25) is 0 Å². The first-order chi connectivity index (χ1) is 12.6. The van der Waals surface area contributed by atoms with Crippen LogP contribution >= 0.6 is 0 Å². The molecule has 2 N–H and O–H groups in total. The molecule has 0 saturated heterocycles. The lowest BCUT2D eigenvalue weighted by molar-refractivity contribution is 0.0934. The number of carbonyl (C=O) groups excluding carboxylic acids is 1. The summed E-state index contributed by atoms with van der Waals surface area (Å²) in [7, 11) is 0. The topological polar surface area (TPSA) is 66.9 Å². The fourth-order valence-electron chi connectivity index (χ4n) is 2.53. The van der Waals surface area contributed by atoms with Crippen LogP contribution < -0.4 is 10.6 Å². The molecule has 26 heavy (non-hydrogen) atoms. The zero-order valence-electron chi connectivity index (χ0n) is 14.9. The largest absolute Gasteiger partial charge is 0.365 e. The van der Waals surface area contributed by atoms with Crippen molar-refractivity contribution in [1.82, 2.24) is 15.3 Å². The smallest absolute Gasteiger partial charge is 0.271 e. The van der Waals surface area contributed by atoms with Crippen LogP contribution in [0.25, 0.3) is 0 Å². The van der Waals surface area contributed by atoms with Gasteiger partial charge in [-0.3, -0.25) is 4.79 Å². The van der Waals surface area contributed by atoms with Crippen LogP contribution in [0.4, 0.5) is 5.82 Å². The Kier molecular flexibility index (Phi) is 5.59. The normalized spacial score (nSPS) is 11.6. The summed E-state index contributed by atoms with van der Waals surface area (Å²) in [6.45, 7) is 4.66. The van der Waals surface area contributed by atoms with Gasteiger partial charge in [0.2, 0.25) is 0 Å². The molecule has 3 rings (SSSR count). The van der Waals surface area contributed by atoms with E-state index in [1.807, 2.05) is 37.3 Å². The van der Waals surface area contributed by atoms with Crippen molar-refractivity contribution in [2.75, 3.05) is 5.32 Å². The Morgan fingerprint density at radius 1 is 1.00 bits per heavy atom. The second-order valence-corrected chi connectivity index (χ2v) is 6.23. The molecule has 0 fully saturated rings. The van der Waals surface area contributed by atoms with E-state index < -0.39 is 0 Å². The first-order valence-electron chi connectivity index (χ1n) is 8.59. The van der Waals surface area contributed by atoms with Crippen molar-refractivity contribution in [2.24, 2.45) is 0 Å². The van der Waals surface area contributed by atoms with Gasteiger partial charge in [-0.2, -0.15) is 0 Å². The number of amides is 1. The Bertz CT molecular complexity index is 845. The van der Waals surface area contributed by atoms with Gasteiger partial charge in [0, 0.05) is 6.54 Å². The van der Waals surface area contributed by atoms with Gasteiger partial charge in [-0.1, -0.05) is 60.2 Å². The van der Waals surface area contributed by atoms with Crippen LogP contribution in [0, 0.1) is 6.92 Å². The van der Waals surface area contributed by atoms with Crippen molar-refractivity contribution in [1.29, 1.82) is 0 Å². The molecule has 5 heteroatoms. The molecule has 132 valence electrons. The molecule has 1 heterocycles. The zero-order valence-corrected chi connectivity index (χ0v) is 14.9. The highest BCUT2D eigenvalue weighted by Crippen LogP contribution is 2.12. The SMILES string of the molecule is Cc1ccc(CNc2cnc(C(=O)NC(C)c3ccccc3)cn2)cc1. The molecule has 1 atom stereocenters. The molecule has 5 nitrogen and oxygen atoms in total. The van der Waals surface area contributed by atoms with Gasteiger partial charge in [0.25, 0.3) is 5.91 Å². The highest BCUT2D eigenvalue weighted by Gasteiger charge is 2.12. The van der Waals surface area contributed by atoms with E-state index in [0.717, 1.165) is 11.1 Å². The summed E-state index contributed by atoms with van der Waals surface area (Å²) in [5.41, 5.74) is 3.74. The predicted octanol–water partition coefficient (Wildman–Crippen LogP) is 3.89. The molecule has 0 spiro atoms. The number of rotatable bonds is 6. The second kappa shape index (κ2) is 8.25. The molecule has 1 amide bonds. The fraction of sp³-hybridized carbons (Fsp3) is 0.190. The second-order valence-electron chi connectivity index (χ2n) is 6.23. The van der Waals surface area contributed by atoms with Gasteiger partial charge < -0.3 is 10.6 Å². The summed E-state index contributed by atoms with van der Waals surface area (Å²) in [6, 6.07) is 18.0. The summed E-state index contributed by atoms with van der Waals surface area (Å²) >= 11 is 0. The fourth-order valence-corrected chi connectivity index (χ4v) is 2.53. The third-order valence-electron chi connectivity index (χ3n) is 4.13. The minimum atomic E-state index is -0.237. The molecule has 0 saturated carbocycles. The number of aromatic nitrogens is 2. The minimum Gasteiger partial charge on any atom is -0.365 e. The van der Waals surface area contributed by atoms with Crippen molar-refractivity contribution >= 4 is 11.7 Å². The van der Waals surface area contributed by atoms with E-state index >= 15 is 0 Å². The number of benzene rings is 2. The van der Waals surface area contributed by atoms with E-state index in [-0.39, 0.29) is 11.9 Å². The van der Waals surface area contributed by atoms with E-state index in [0.29, 0.717) is 18.1 Å². The maximum Gasteiger partial charge on any atom is 0.271 e. The number of carbonyl (C=O) groups is 1. The van der Waals surface area contributed by atoms with Crippen LogP contribution in [0.1, 0.15) is 40.1 Å². The number of anilines is 1. The van der Waals surface area contributed by atoms with Gasteiger partial charge >= 0.3 is 0 Å². The number of hydrogen-bond donors (Lipinski definition) is 2. The van der Waals surface area contributed by atoms with E-state index in [4.69, 9.17) is 0 Å². The van der Waals surface area contributed by atoms with Gasteiger partial charge in [0.05, 0.1) is 18.4 Å². The third-order valence-corrected chi connectivity index (χ3v) is 4.13. The summed E-state index contributed by atoms with van der Waals surface area (Å²) in [4.78, 5) is 20.8. The molecule has 0 bridgehead atoms. The van der Waals surface area contributed by atoms with Gasteiger partial charge in [0.15, 0.2) is 0 Å². The number of nitrogens with one attached hydrogen (secondary N) is 2. The highest BCUT2D eigenvalue weighted by molar-refractivity contribution is 5.92. The average molecular weight is 346 g/mol.